The molecule has 5 rings (SSSR count). The van der Waals surface area contributed by atoms with E-state index in [2.05, 4.69) is 59.1 Å². The average molecular weight is 322 g/mol. The van der Waals surface area contributed by atoms with Crippen LogP contribution < -0.4 is 9.80 Å². The molecular weight excluding hydrogens is 304 g/mol. The van der Waals surface area contributed by atoms with Crippen molar-refractivity contribution in [3.05, 3.63) is 30.5 Å². The van der Waals surface area contributed by atoms with Crippen LogP contribution in [0.5, 0.6) is 0 Å². The van der Waals surface area contributed by atoms with Crippen molar-refractivity contribution < 1.29 is 0 Å². The molecule has 0 atom stereocenters. The molecule has 1 saturated heterocycles. The van der Waals surface area contributed by atoms with E-state index in [1.54, 1.807) is 12.7 Å². The van der Waals surface area contributed by atoms with Gasteiger partial charge in [0, 0.05) is 26.1 Å². The number of fused-ring (bicyclic) bond motifs is 1. The molecule has 3 aromatic heterocycles. The van der Waals surface area contributed by atoms with E-state index in [-0.39, 0.29) is 0 Å². The quantitative estimate of drug-likeness (QED) is 0.775. The maximum absolute atomic E-state index is 4.41. The first-order valence-electron chi connectivity index (χ1n) is 8.25. The molecule has 1 saturated carbocycles. The Bertz CT molecular complexity index is 863. The third kappa shape index (κ3) is 2.17. The van der Waals surface area contributed by atoms with Crippen molar-refractivity contribution in [3.63, 3.8) is 0 Å². The number of nitrogens with zero attached hydrogens (tertiary/aromatic N) is 7. The highest BCUT2D eigenvalue weighted by Crippen LogP contribution is 2.39. The standard InChI is InChI=1S/C16H18N8/c1-23(16-14-15(18-8-17-14)19-9-20-16)11-6-24(7-11)13-5-4-12(21-22-13)10-2-3-10/h4-5,8-11H,2-3,6-7H2,1H3,(H,17,18,19,20). The number of imidazole rings is 1. The van der Waals surface area contributed by atoms with Gasteiger partial charge in [0.1, 0.15) is 11.8 Å². The van der Waals surface area contributed by atoms with Gasteiger partial charge in [-0.2, -0.15) is 5.10 Å². The summed E-state index contributed by atoms with van der Waals surface area (Å²) in [6.45, 7) is 1.82. The molecule has 1 aliphatic heterocycles. The normalized spacial score (nSPS) is 18.0. The lowest BCUT2D eigenvalue weighted by Gasteiger charge is -2.44. The van der Waals surface area contributed by atoms with E-state index in [0.29, 0.717) is 17.6 Å². The highest BCUT2D eigenvalue weighted by atomic mass is 15.4. The molecule has 24 heavy (non-hydrogen) atoms. The number of aromatic nitrogens is 6. The van der Waals surface area contributed by atoms with Gasteiger partial charge in [-0.05, 0) is 25.0 Å². The Balaban J connectivity index is 1.29. The van der Waals surface area contributed by atoms with Crippen molar-refractivity contribution in [3.8, 4) is 0 Å². The largest absolute Gasteiger partial charge is 0.351 e. The van der Waals surface area contributed by atoms with Crippen molar-refractivity contribution in [2.75, 3.05) is 29.9 Å². The Morgan fingerprint density at radius 1 is 1.12 bits per heavy atom. The van der Waals surface area contributed by atoms with E-state index in [1.165, 1.54) is 12.8 Å². The number of hydrogen-bond donors (Lipinski definition) is 1. The molecule has 2 aliphatic rings. The Morgan fingerprint density at radius 3 is 2.75 bits per heavy atom. The van der Waals surface area contributed by atoms with Crippen LogP contribution in [0.4, 0.5) is 11.6 Å². The zero-order chi connectivity index (χ0) is 16.1. The second-order valence-electron chi connectivity index (χ2n) is 6.56. The van der Waals surface area contributed by atoms with Gasteiger partial charge in [-0.15, -0.1) is 5.10 Å². The van der Waals surface area contributed by atoms with Crippen molar-refractivity contribution in [2.45, 2.75) is 24.8 Å². The lowest BCUT2D eigenvalue weighted by Crippen LogP contribution is -2.59. The number of nitrogens with one attached hydrogen (secondary N) is 1. The summed E-state index contributed by atoms with van der Waals surface area (Å²) in [4.78, 5) is 20.3. The van der Waals surface area contributed by atoms with Crippen LogP contribution in [0.1, 0.15) is 24.5 Å². The third-order valence-corrected chi connectivity index (χ3v) is 4.94. The Kier molecular flexibility index (Phi) is 2.91. The Hall–Kier alpha value is -2.77. The van der Waals surface area contributed by atoms with Gasteiger partial charge < -0.3 is 14.8 Å². The van der Waals surface area contributed by atoms with Gasteiger partial charge in [-0.25, -0.2) is 15.0 Å². The lowest BCUT2D eigenvalue weighted by molar-refractivity contribution is 0.488. The Labute approximate surface area is 139 Å². The number of hydrogen-bond acceptors (Lipinski definition) is 7. The average Bonchev–Trinajstić information content (AvgIpc) is 3.30. The monoisotopic (exact) mass is 322 g/mol. The molecule has 0 unspecified atom stereocenters. The van der Waals surface area contributed by atoms with Gasteiger partial charge in [0.05, 0.1) is 18.1 Å². The molecule has 0 spiro atoms. The predicted molar refractivity (Wildman–Crippen MR) is 90.1 cm³/mol. The molecular formula is C16H18N8. The summed E-state index contributed by atoms with van der Waals surface area (Å²) >= 11 is 0. The molecule has 1 N–H and O–H groups in total. The van der Waals surface area contributed by atoms with Gasteiger partial charge in [-0.1, -0.05) is 0 Å². The fourth-order valence-corrected chi connectivity index (χ4v) is 3.18. The number of likely N-dealkylation sites (N-methyl/N-ethyl adjacent to an activating group) is 1. The van der Waals surface area contributed by atoms with E-state index in [1.807, 2.05) is 0 Å². The minimum absolute atomic E-state index is 0.385. The molecule has 8 nitrogen and oxygen atoms in total. The summed E-state index contributed by atoms with van der Waals surface area (Å²) < 4.78 is 0. The van der Waals surface area contributed by atoms with Crippen molar-refractivity contribution in [1.29, 1.82) is 0 Å². The van der Waals surface area contributed by atoms with Gasteiger partial charge in [-0.3, -0.25) is 0 Å². The van der Waals surface area contributed by atoms with Crippen LogP contribution in [0, 0.1) is 0 Å². The van der Waals surface area contributed by atoms with Crippen molar-refractivity contribution in [1.82, 2.24) is 30.1 Å². The van der Waals surface area contributed by atoms with E-state index >= 15 is 0 Å². The topological polar surface area (TPSA) is 86.7 Å². The first-order chi connectivity index (χ1) is 11.8. The maximum atomic E-state index is 4.41. The first kappa shape index (κ1) is 13.6. The molecule has 0 amide bonds. The zero-order valence-electron chi connectivity index (χ0n) is 13.4. The van der Waals surface area contributed by atoms with Gasteiger partial charge >= 0.3 is 0 Å². The van der Waals surface area contributed by atoms with Gasteiger partial charge in [0.15, 0.2) is 17.3 Å². The summed E-state index contributed by atoms with van der Waals surface area (Å²) in [6.07, 6.45) is 5.73. The number of aromatic amines is 1. The Morgan fingerprint density at radius 2 is 2.00 bits per heavy atom. The van der Waals surface area contributed by atoms with Gasteiger partial charge in [0.2, 0.25) is 0 Å². The molecule has 3 aromatic rings. The first-order valence-corrected chi connectivity index (χ1v) is 8.25. The summed E-state index contributed by atoms with van der Waals surface area (Å²) in [7, 11) is 2.06. The highest BCUT2D eigenvalue weighted by molar-refractivity contribution is 5.82. The van der Waals surface area contributed by atoms with Crippen LogP contribution in [0.2, 0.25) is 0 Å². The van der Waals surface area contributed by atoms with Crippen LogP contribution >= 0.6 is 0 Å². The number of rotatable bonds is 4. The fourth-order valence-electron chi connectivity index (χ4n) is 3.18. The molecule has 4 heterocycles. The summed E-state index contributed by atoms with van der Waals surface area (Å²) in [5, 5.41) is 8.75. The van der Waals surface area contributed by atoms with E-state index in [0.717, 1.165) is 35.9 Å². The molecule has 122 valence electrons. The molecule has 1 aliphatic carbocycles. The van der Waals surface area contributed by atoms with Crippen LogP contribution in [-0.4, -0.2) is 56.3 Å². The van der Waals surface area contributed by atoms with Crippen molar-refractivity contribution >= 4 is 22.8 Å². The maximum Gasteiger partial charge on any atom is 0.182 e. The molecule has 0 bridgehead atoms. The minimum Gasteiger partial charge on any atom is -0.351 e. The van der Waals surface area contributed by atoms with Gasteiger partial charge in [0.25, 0.3) is 0 Å². The molecule has 2 fully saturated rings. The SMILES string of the molecule is CN(c1ncnc2nc[nH]c12)C1CN(c2ccc(C3CC3)nn2)C1. The van der Waals surface area contributed by atoms with E-state index in [4.69, 9.17) is 0 Å². The number of H-pyrrole nitrogens is 1. The van der Waals surface area contributed by atoms with Crippen molar-refractivity contribution in [2.24, 2.45) is 0 Å². The molecule has 0 radical (unpaired) electrons. The highest BCUT2D eigenvalue weighted by Gasteiger charge is 2.33. The third-order valence-electron chi connectivity index (χ3n) is 4.94. The smallest absolute Gasteiger partial charge is 0.182 e. The zero-order valence-corrected chi connectivity index (χ0v) is 13.4. The summed E-state index contributed by atoms with van der Waals surface area (Å²) in [5.74, 6) is 2.49. The second-order valence-corrected chi connectivity index (χ2v) is 6.56. The lowest BCUT2D eigenvalue weighted by atomic mass is 10.1. The summed E-state index contributed by atoms with van der Waals surface area (Å²) in [5.41, 5.74) is 2.71. The van der Waals surface area contributed by atoms with E-state index in [9.17, 15) is 0 Å². The fraction of sp³-hybridized carbons (Fsp3) is 0.438. The van der Waals surface area contributed by atoms with Crippen LogP contribution in [0.15, 0.2) is 24.8 Å². The van der Waals surface area contributed by atoms with Crippen LogP contribution in [0.3, 0.4) is 0 Å². The molecule has 8 heteroatoms. The second kappa shape index (κ2) is 5.12. The molecule has 0 aromatic carbocycles. The predicted octanol–water partition coefficient (Wildman–Crippen LogP) is 1.35. The van der Waals surface area contributed by atoms with E-state index < -0.39 is 0 Å². The van der Waals surface area contributed by atoms with Crippen LogP contribution in [-0.2, 0) is 0 Å². The van der Waals surface area contributed by atoms with Crippen LogP contribution in [0.25, 0.3) is 11.2 Å². The summed E-state index contributed by atoms with van der Waals surface area (Å²) in [6, 6.07) is 4.60. The minimum atomic E-state index is 0.385. The number of anilines is 2.